The van der Waals surface area contributed by atoms with Crippen molar-refractivity contribution in [1.82, 2.24) is 10.2 Å². The Morgan fingerprint density at radius 1 is 1.45 bits per heavy atom. The lowest BCUT2D eigenvalue weighted by Crippen LogP contribution is -2.32. The summed E-state index contributed by atoms with van der Waals surface area (Å²) in [5.41, 5.74) is -0.229. The van der Waals surface area contributed by atoms with Gasteiger partial charge in [-0.05, 0) is 24.0 Å². The fourth-order valence-corrected chi connectivity index (χ4v) is 2.55. The minimum Gasteiger partial charge on any atom is -0.321 e. The summed E-state index contributed by atoms with van der Waals surface area (Å²) in [4.78, 5) is 13.4. The van der Waals surface area contributed by atoms with Crippen LogP contribution >= 0.6 is 11.8 Å². The first-order valence-electron chi connectivity index (χ1n) is 6.12. The smallest absolute Gasteiger partial charge is 0.321 e. The zero-order valence-electron chi connectivity index (χ0n) is 10.9. The summed E-state index contributed by atoms with van der Waals surface area (Å²) in [5.74, 6) is 0.671. The molecule has 110 valence electrons. The van der Waals surface area contributed by atoms with E-state index in [1.54, 1.807) is 22.7 Å². The Labute approximate surface area is 119 Å². The van der Waals surface area contributed by atoms with E-state index in [1.807, 2.05) is 6.26 Å². The number of hydrogen-bond acceptors (Lipinski definition) is 3. The van der Waals surface area contributed by atoms with Crippen molar-refractivity contribution in [3.05, 3.63) is 35.4 Å². The molecule has 0 saturated carbocycles. The van der Waals surface area contributed by atoms with Gasteiger partial charge in [-0.3, -0.25) is 10.1 Å². The Bertz CT molecular complexity index is 493. The molecule has 1 N–H and O–H groups in total. The molecular formula is C13H15F3N2OS. The van der Waals surface area contributed by atoms with Crippen LogP contribution in [0.1, 0.15) is 17.3 Å². The van der Waals surface area contributed by atoms with Gasteiger partial charge in [0.1, 0.15) is 6.17 Å². The second-order valence-electron chi connectivity index (χ2n) is 4.49. The minimum absolute atomic E-state index is 0.0820. The molecule has 0 bridgehead atoms. The molecule has 0 aliphatic carbocycles. The van der Waals surface area contributed by atoms with Crippen molar-refractivity contribution >= 4 is 17.7 Å². The average molecular weight is 304 g/mol. The number of alkyl halides is 3. The third-order valence-electron chi connectivity index (χ3n) is 3.14. The first-order chi connectivity index (χ1) is 9.43. The topological polar surface area (TPSA) is 32.3 Å². The molecule has 1 heterocycles. The van der Waals surface area contributed by atoms with Crippen LogP contribution in [0.25, 0.3) is 0 Å². The van der Waals surface area contributed by atoms with Crippen LogP contribution in [0.3, 0.4) is 0 Å². The fraction of sp³-hybridized carbons (Fsp3) is 0.462. The molecule has 1 aromatic carbocycles. The predicted molar refractivity (Wildman–Crippen MR) is 72.3 cm³/mol. The number of thioether (sulfide) groups is 1. The summed E-state index contributed by atoms with van der Waals surface area (Å²) in [6.07, 6.45) is -2.92. The maximum atomic E-state index is 12.7. The number of halogens is 3. The van der Waals surface area contributed by atoms with Crippen molar-refractivity contribution < 1.29 is 18.0 Å². The summed E-state index contributed by atoms with van der Waals surface area (Å²) < 4.78 is 38.2. The average Bonchev–Trinajstić information content (AvgIpc) is 2.77. The van der Waals surface area contributed by atoms with Crippen molar-refractivity contribution in [1.29, 1.82) is 0 Å². The Morgan fingerprint density at radius 2 is 2.20 bits per heavy atom. The molecule has 1 fully saturated rings. The fourth-order valence-electron chi connectivity index (χ4n) is 2.17. The summed E-state index contributed by atoms with van der Waals surface area (Å²) >= 11 is 1.59. The highest BCUT2D eigenvalue weighted by molar-refractivity contribution is 7.98. The van der Waals surface area contributed by atoms with E-state index >= 15 is 0 Å². The van der Waals surface area contributed by atoms with Gasteiger partial charge in [0.15, 0.2) is 0 Å². The molecule has 1 aromatic rings. The van der Waals surface area contributed by atoms with Gasteiger partial charge in [0.05, 0.1) is 12.1 Å². The van der Waals surface area contributed by atoms with Gasteiger partial charge < -0.3 is 4.90 Å². The number of hydrogen-bond donors (Lipinski definition) is 1. The van der Waals surface area contributed by atoms with Crippen molar-refractivity contribution in [2.75, 3.05) is 25.1 Å². The molecule has 7 heteroatoms. The van der Waals surface area contributed by atoms with Crippen LogP contribution in [-0.2, 0) is 11.0 Å². The zero-order valence-corrected chi connectivity index (χ0v) is 11.7. The first kappa shape index (κ1) is 15.2. The summed E-state index contributed by atoms with van der Waals surface area (Å²) in [6.45, 7) is 0.684. The van der Waals surface area contributed by atoms with E-state index in [0.29, 0.717) is 12.1 Å². The highest BCUT2D eigenvalue weighted by atomic mass is 32.2. The van der Waals surface area contributed by atoms with E-state index < -0.39 is 17.9 Å². The Hall–Kier alpha value is -1.21. The van der Waals surface area contributed by atoms with Gasteiger partial charge in [-0.15, -0.1) is 0 Å². The van der Waals surface area contributed by atoms with E-state index in [2.05, 4.69) is 5.32 Å². The van der Waals surface area contributed by atoms with Crippen molar-refractivity contribution in [2.24, 2.45) is 0 Å². The van der Waals surface area contributed by atoms with Crippen molar-refractivity contribution in [2.45, 2.75) is 12.3 Å². The number of nitrogens with zero attached hydrogens (tertiary/aromatic N) is 1. The zero-order chi connectivity index (χ0) is 14.8. The van der Waals surface area contributed by atoms with Crippen LogP contribution in [0.4, 0.5) is 13.2 Å². The lowest BCUT2D eigenvalue weighted by molar-refractivity contribution is -0.137. The molecule has 2 rings (SSSR count). The molecule has 3 nitrogen and oxygen atoms in total. The molecule has 1 atom stereocenters. The number of benzene rings is 1. The standard InChI is InChI=1S/C13H15F3N2OS/c1-20-6-5-18-11(19)8-17-12(18)9-3-2-4-10(7-9)13(14,15)16/h2-4,7,12,17H,5-6,8H2,1H3. The highest BCUT2D eigenvalue weighted by Crippen LogP contribution is 2.32. The number of rotatable bonds is 4. The van der Waals surface area contributed by atoms with Gasteiger partial charge in [0.25, 0.3) is 0 Å². The van der Waals surface area contributed by atoms with Crippen LogP contribution in [-0.4, -0.2) is 35.9 Å². The number of amides is 1. The molecule has 20 heavy (non-hydrogen) atoms. The Morgan fingerprint density at radius 3 is 2.85 bits per heavy atom. The molecule has 1 unspecified atom stereocenters. The van der Waals surface area contributed by atoms with E-state index in [9.17, 15) is 18.0 Å². The molecule has 0 spiro atoms. The highest BCUT2D eigenvalue weighted by Gasteiger charge is 2.34. The minimum atomic E-state index is -4.37. The number of carbonyl (C=O) groups is 1. The third-order valence-corrected chi connectivity index (χ3v) is 3.74. The van der Waals surface area contributed by atoms with E-state index in [4.69, 9.17) is 0 Å². The number of carbonyl (C=O) groups excluding carboxylic acids is 1. The van der Waals surface area contributed by atoms with Crippen LogP contribution in [0.2, 0.25) is 0 Å². The summed E-state index contributed by atoms with van der Waals surface area (Å²) in [5, 5.41) is 2.96. The second kappa shape index (κ2) is 6.05. The van der Waals surface area contributed by atoms with Gasteiger partial charge in [0, 0.05) is 12.3 Å². The molecule has 1 amide bonds. The van der Waals surface area contributed by atoms with E-state index in [0.717, 1.165) is 17.9 Å². The maximum Gasteiger partial charge on any atom is 0.416 e. The molecule has 1 aliphatic heterocycles. The van der Waals surface area contributed by atoms with Gasteiger partial charge in [-0.2, -0.15) is 24.9 Å². The van der Waals surface area contributed by atoms with Gasteiger partial charge in [-0.1, -0.05) is 12.1 Å². The van der Waals surface area contributed by atoms with Gasteiger partial charge in [0.2, 0.25) is 5.91 Å². The lowest BCUT2D eigenvalue weighted by atomic mass is 10.1. The van der Waals surface area contributed by atoms with Crippen molar-refractivity contribution in [3.63, 3.8) is 0 Å². The predicted octanol–water partition coefficient (Wildman–Crippen LogP) is 2.50. The summed E-state index contributed by atoms with van der Waals surface area (Å²) in [7, 11) is 0. The van der Waals surface area contributed by atoms with Crippen LogP contribution < -0.4 is 5.32 Å². The number of nitrogens with one attached hydrogen (secondary N) is 1. The van der Waals surface area contributed by atoms with E-state index in [-0.39, 0.29) is 12.5 Å². The third kappa shape index (κ3) is 3.27. The summed E-state index contributed by atoms with van der Waals surface area (Å²) in [6, 6.07) is 5.11. The molecule has 1 saturated heterocycles. The maximum absolute atomic E-state index is 12.7. The SMILES string of the molecule is CSCCN1C(=O)CNC1c1cccc(C(F)(F)F)c1. The second-order valence-corrected chi connectivity index (χ2v) is 5.47. The van der Waals surface area contributed by atoms with Gasteiger partial charge >= 0.3 is 6.18 Å². The van der Waals surface area contributed by atoms with Crippen LogP contribution in [0.5, 0.6) is 0 Å². The van der Waals surface area contributed by atoms with Crippen LogP contribution in [0.15, 0.2) is 24.3 Å². The molecule has 0 aromatic heterocycles. The van der Waals surface area contributed by atoms with Crippen molar-refractivity contribution in [3.8, 4) is 0 Å². The quantitative estimate of drug-likeness (QED) is 0.927. The van der Waals surface area contributed by atoms with Crippen LogP contribution in [0, 0.1) is 0 Å². The van der Waals surface area contributed by atoms with Gasteiger partial charge in [-0.25, -0.2) is 0 Å². The monoisotopic (exact) mass is 304 g/mol. The molecule has 0 radical (unpaired) electrons. The normalized spacial score (nSPS) is 19.7. The largest absolute Gasteiger partial charge is 0.416 e. The molecule has 1 aliphatic rings. The molecular weight excluding hydrogens is 289 g/mol. The van der Waals surface area contributed by atoms with E-state index in [1.165, 1.54) is 6.07 Å². The first-order valence-corrected chi connectivity index (χ1v) is 7.52. The lowest BCUT2D eigenvalue weighted by Gasteiger charge is -2.25. The Balaban J connectivity index is 2.24. The Kier molecular flexibility index (Phi) is 4.59.